The molecular weight excluding hydrogens is 189 g/mol. The van der Waals surface area contributed by atoms with Gasteiger partial charge in [0, 0.05) is 6.04 Å². The standard InChI is InChI=1S/C13H18FN/c1-11(15-8-2-3-9-15)10-12-4-6-13(14)7-5-12/h4-7,11H,2-3,8-10H2,1H3. The van der Waals surface area contributed by atoms with Crippen LogP contribution in [0.1, 0.15) is 25.3 Å². The maximum atomic E-state index is 12.7. The van der Waals surface area contributed by atoms with Gasteiger partial charge in [-0.25, -0.2) is 4.39 Å². The first kappa shape index (κ1) is 10.6. The summed E-state index contributed by atoms with van der Waals surface area (Å²) in [5.41, 5.74) is 1.23. The summed E-state index contributed by atoms with van der Waals surface area (Å²) < 4.78 is 12.7. The van der Waals surface area contributed by atoms with Crippen molar-refractivity contribution in [1.82, 2.24) is 4.90 Å². The van der Waals surface area contributed by atoms with Gasteiger partial charge in [-0.3, -0.25) is 0 Å². The Balaban J connectivity index is 1.92. The first-order chi connectivity index (χ1) is 7.25. The van der Waals surface area contributed by atoms with Gasteiger partial charge in [-0.15, -0.1) is 0 Å². The quantitative estimate of drug-likeness (QED) is 0.736. The minimum absolute atomic E-state index is 0.146. The van der Waals surface area contributed by atoms with E-state index in [1.165, 1.54) is 31.5 Å². The van der Waals surface area contributed by atoms with Crippen LogP contribution in [0.15, 0.2) is 24.3 Å². The Morgan fingerprint density at radius 1 is 1.20 bits per heavy atom. The van der Waals surface area contributed by atoms with Gasteiger partial charge in [0.1, 0.15) is 5.82 Å². The van der Waals surface area contributed by atoms with Crippen molar-refractivity contribution in [3.63, 3.8) is 0 Å². The van der Waals surface area contributed by atoms with Crippen LogP contribution in [0.5, 0.6) is 0 Å². The van der Waals surface area contributed by atoms with E-state index in [0.717, 1.165) is 6.42 Å². The van der Waals surface area contributed by atoms with Crippen LogP contribution in [0, 0.1) is 5.82 Å². The van der Waals surface area contributed by atoms with Crippen molar-refractivity contribution >= 4 is 0 Å². The number of hydrogen-bond acceptors (Lipinski definition) is 1. The Morgan fingerprint density at radius 2 is 1.80 bits per heavy atom. The van der Waals surface area contributed by atoms with Crippen LogP contribution in [-0.2, 0) is 6.42 Å². The van der Waals surface area contributed by atoms with Crippen LogP contribution < -0.4 is 0 Å². The molecule has 1 aromatic carbocycles. The molecule has 1 aromatic rings. The summed E-state index contributed by atoms with van der Waals surface area (Å²) in [5, 5.41) is 0. The highest BCUT2D eigenvalue weighted by atomic mass is 19.1. The van der Waals surface area contributed by atoms with Gasteiger partial charge in [-0.05, 0) is 57.0 Å². The van der Waals surface area contributed by atoms with E-state index in [1.807, 2.05) is 12.1 Å². The van der Waals surface area contributed by atoms with Crippen molar-refractivity contribution in [3.05, 3.63) is 35.6 Å². The van der Waals surface area contributed by atoms with Gasteiger partial charge in [0.25, 0.3) is 0 Å². The van der Waals surface area contributed by atoms with E-state index in [0.29, 0.717) is 6.04 Å². The molecule has 2 heteroatoms. The SMILES string of the molecule is CC(Cc1ccc(F)cc1)N1CCCC1. The summed E-state index contributed by atoms with van der Waals surface area (Å²) in [6.07, 6.45) is 3.68. The van der Waals surface area contributed by atoms with E-state index in [2.05, 4.69) is 11.8 Å². The molecule has 0 spiro atoms. The Kier molecular flexibility index (Phi) is 3.37. The molecule has 82 valence electrons. The van der Waals surface area contributed by atoms with Crippen LogP contribution in [-0.4, -0.2) is 24.0 Å². The average Bonchev–Trinajstić information content (AvgIpc) is 2.74. The molecule has 0 N–H and O–H groups in total. The van der Waals surface area contributed by atoms with Crippen molar-refractivity contribution in [1.29, 1.82) is 0 Å². The second-order valence-corrected chi connectivity index (χ2v) is 4.42. The van der Waals surface area contributed by atoms with Crippen LogP contribution in [0.25, 0.3) is 0 Å². The maximum Gasteiger partial charge on any atom is 0.123 e. The van der Waals surface area contributed by atoms with Crippen molar-refractivity contribution in [3.8, 4) is 0 Å². The Morgan fingerprint density at radius 3 is 2.40 bits per heavy atom. The van der Waals surface area contributed by atoms with Crippen molar-refractivity contribution in [2.45, 2.75) is 32.2 Å². The molecule has 1 fully saturated rings. The minimum Gasteiger partial charge on any atom is -0.300 e. The third-order valence-electron chi connectivity index (χ3n) is 3.21. The van der Waals surface area contributed by atoms with Crippen LogP contribution >= 0.6 is 0 Å². The van der Waals surface area contributed by atoms with E-state index >= 15 is 0 Å². The number of rotatable bonds is 3. The van der Waals surface area contributed by atoms with Gasteiger partial charge in [0.05, 0.1) is 0 Å². The highest BCUT2D eigenvalue weighted by Gasteiger charge is 2.17. The molecule has 1 nitrogen and oxygen atoms in total. The second-order valence-electron chi connectivity index (χ2n) is 4.42. The molecular formula is C13H18FN. The zero-order valence-corrected chi connectivity index (χ0v) is 9.25. The summed E-state index contributed by atoms with van der Waals surface area (Å²) in [4.78, 5) is 2.52. The van der Waals surface area contributed by atoms with Gasteiger partial charge in [-0.2, -0.15) is 0 Å². The highest BCUT2D eigenvalue weighted by molar-refractivity contribution is 5.17. The molecule has 1 aliphatic heterocycles. The molecule has 2 rings (SSSR count). The van der Waals surface area contributed by atoms with Gasteiger partial charge in [0.2, 0.25) is 0 Å². The number of benzene rings is 1. The smallest absolute Gasteiger partial charge is 0.123 e. The number of nitrogens with zero attached hydrogens (tertiary/aromatic N) is 1. The van der Waals surface area contributed by atoms with Crippen molar-refractivity contribution in [2.75, 3.05) is 13.1 Å². The second kappa shape index (κ2) is 4.75. The highest BCUT2D eigenvalue weighted by Crippen LogP contribution is 2.15. The molecule has 1 heterocycles. The van der Waals surface area contributed by atoms with Crippen LogP contribution in [0.2, 0.25) is 0 Å². The molecule has 1 atom stereocenters. The molecule has 0 aliphatic carbocycles. The lowest BCUT2D eigenvalue weighted by molar-refractivity contribution is 0.257. The van der Waals surface area contributed by atoms with E-state index in [9.17, 15) is 4.39 Å². The molecule has 0 saturated carbocycles. The first-order valence-corrected chi connectivity index (χ1v) is 5.74. The summed E-state index contributed by atoms with van der Waals surface area (Å²) >= 11 is 0. The molecule has 0 aromatic heterocycles. The maximum absolute atomic E-state index is 12.7. The predicted molar refractivity (Wildman–Crippen MR) is 60.4 cm³/mol. The number of halogens is 1. The predicted octanol–water partition coefficient (Wildman–Crippen LogP) is 2.85. The summed E-state index contributed by atoms with van der Waals surface area (Å²) in [6.45, 7) is 4.71. The third-order valence-corrected chi connectivity index (χ3v) is 3.21. The first-order valence-electron chi connectivity index (χ1n) is 5.74. The Hall–Kier alpha value is -0.890. The third kappa shape index (κ3) is 2.78. The van der Waals surface area contributed by atoms with Gasteiger partial charge < -0.3 is 4.90 Å². The van der Waals surface area contributed by atoms with E-state index in [4.69, 9.17) is 0 Å². The molecule has 0 radical (unpaired) electrons. The van der Waals surface area contributed by atoms with E-state index in [1.54, 1.807) is 12.1 Å². The summed E-state index contributed by atoms with van der Waals surface area (Å²) in [7, 11) is 0. The molecule has 1 unspecified atom stereocenters. The fraction of sp³-hybridized carbons (Fsp3) is 0.538. The summed E-state index contributed by atoms with van der Waals surface area (Å²) in [6, 6.07) is 7.46. The van der Waals surface area contributed by atoms with Crippen LogP contribution in [0.3, 0.4) is 0 Å². The normalized spacial score (nSPS) is 19.3. The van der Waals surface area contributed by atoms with Crippen molar-refractivity contribution < 1.29 is 4.39 Å². The fourth-order valence-electron chi connectivity index (χ4n) is 2.27. The average molecular weight is 207 g/mol. The molecule has 15 heavy (non-hydrogen) atoms. The molecule has 0 amide bonds. The van der Waals surface area contributed by atoms with E-state index < -0.39 is 0 Å². The van der Waals surface area contributed by atoms with E-state index in [-0.39, 0.29) is 5.82 Å². The monoisotopic (exact) mass is 207 g/mol. The molecule has 0 bridgehead atoms. The minimum atomic E-state index is -0.146. The lowest BCUT2D eigenvalue weighted by Gasteiger charge is -2.23. The Labute approximate surface area is 90.9 Å². The lowest BCUT2D eigenvalue weighted by Crippen LogP contribution is -2.31. The van der Waals surface area contributed by atoms with Crippen LogP contribution in [0.4, 0.5) is 4.39 Å². The Bertz CT molecular complexity index is 301. The summed E-state index contributed by atoms with van der Waals surface area (Å²) in [5.74, 6) is -0.146. The topological polar surface area (TPSA) is 3.24 Å². The fourth-order valence-corrected chi connectivity index (χ4v) is 2.27. The van der Waals surface area contributed by atoms with Gasteiger partial charge in [0.15, 0.2) is 0 Å². The number of likely N-dealkylation sites (tertiary alicyclic amines) is 1. The molecule has 1 aliphatic rings. The van der Waals surface area contributed by atoms with Gasteiger partial charge >= 0.3 is 0 Å². The lowest BCUT2D eigenvalue weighted by atomic mass is 10.1. The molecule has 1 saturated heterocycles. The number of hydrogen-bond donors (Lipinski definition) is 0. The van der Waals surface area contributed by atoms with Gasteiger partial charge in [-0.1, -0.05) is 12.1 Å². The zero-order valence-electron chi connectivity index (χ0n) is 9.25. The zero-order chi connectivity index (χ0) is 10.7. The largest absolute Gasteiger partial charge is 0.300 e. The van der Waals surface area contributed by atoms with Crippen molar-refractivity contribution in [2.24, 2.45) is 0 Å².